The normalized spacial score (nSPS) is 15.2. The molecule has 7 heteroatoms. The zero-order valence-electron chi connectivity index (χ0n) is 16.6. The molecule has 0 saturated heterocycles. The van der Waals surface area contributed by atoms with E-state index >= 15 is 0 Å². The molecule has 2 unspecified atom stereocenters. The van der Waals surface area contributed by atoms with Crippen molar-refractivity contribution in [3.63, 3.8) is 0 Å². The second-order valence-corrected chi connectivity index (χ2v) is 8.17. The van der Waals surface area contributed by atoms with E-state index in [1.54, 1.807) is 7.11 Å². The van der Waals surface area contributed by atoms with Crippen molar-refractivity contribution in [3.8, 4) is 0 Å². The molecule has 0 aromatic carbocycles. The quantitative estimate of drug-likeness (QED) is 0.229. The number of aliphatic hydroxyl groups is 1. The molecule has 0 amide bonds. The fraction of sp³-hybridized carbons (Fsp3) is 1.00. The molecule has 152 valence electrons. The van der Waals surface area contributed by atoms with Crippen molar-refractivity contribution in [2.75, 3.05) is 63.9 Å². The largest absolute Gasteiger partial charge is 0.379 e. The van der Waals surface area contributed by atoms with Gasteiger partial charge in [0.2, 0.25) is 0 Å². The van der Waals surface area contributed by atoms with Gasteiger partial charge in [0.1, 0.15) is 0 Å². The van der Waals surface area contributed by atoms with Crippen molar-refractivity contribution in [1.82, 2.24) is 10.6 Å². The first-order chi connectivity index (χ1) is 12.1. The average molecular weight is 397 g/mol. The number of nitrogens with one attached hydrogen (secondary N) is 2. The second kappa shape index (κ2) is 17.9. The molecule has 3 N–H and O–H groups in total. The Morgan fingerprint density at radius 3 is 2.12 bits per heavy atom. The van der Waals surface area contributed by atoms with Crippen LogP contribution in [0.4, 0.5) is 0 Å². The summed E-state index contributed by atoms with van der Waals surface area (Å²) in [6.45, 7) is 6.41. The zero-order valence-corrected chi connectivity index (χ0v) is 18.3. The Kier molecular flexibility index (Phi) is 18.2. The van der Waals surface area contributed by atoms with Crippen LogP contribution in [-0.2, 0) is 9.47 Å². The van der Waals surface area contributed by atoms with Crippen LogP contribution in [0.15, 0.2) is 0 Å². The molecule has 5 nitrogen and oxygen atoms in total. The van der Waals surface area contributed by atoms with Crippen LogP contribution >= 0.6 is 23.5 Å². The molecule has 0 aromatic heterocycles. The molecule has 0 aliphatic heterocycles. The molecule has 0 heterocycles. The lowest BCUT2D eigenvalue weighted by Gasteiger charge is -2.29. The number of methoxy groups -OCH3 is 1. The highest BCUT2D eigenvalue weighted by atomic mass is 32.2. The summed E-state index contributed by atoms with van der Waals surface area (Å²) in [5.41, 5.74) is 0. The van der Waals surface area contributed by atoms with E-state index in [-0.39, 0.29) is 6.10 Å². The van der Waals surface area contributed by atoms with Crippen molar-refractivity contribution >= 4 is 23.5 Å². The topological polar surface area (TPSA) is 62.8 Å². The summed E-state index contributed by atoms with van der Waals surface area (Å²) in [6, 6.07) is 0. The first-order valence-electron chi connectivity index (χ1n) is 9.40. The zero-order chi connectivity index (χ0) is 18.8. The van der Waals surface area contributed by atoms with Gasteiger partial charge >= 0.3 is 0 Å². The molecular formula is C18H40N2O3S2. The van der Waals surface area contributed by atoms with Crippen LogP contribution in [0.25, 0.3) is 0 Å². The van der Waals surface area contributed by atoms with Gasteiger partial charge in [-0.15, -0.1) is 0 Å². The predicted octanol–water partition coefficient (Wildman–Crippen LogP) is 2.58. The van der Waals surface area contributed by atoms with Gasteiger partial charge in [-0.25, -0.2) is 0 Å². The van der Waals surface area contributed by atoms with E-state index in [0.29, 0.717) is 19.4 Å². The first kappa shape index (κ1) is 25.5. The van der Waals surface area contributed by atoms with Gasteiger partial charge in [-0.1, -0.05) is 6.92 Å². The van der Waals surface area contributed by atoms with Crippen LogP contribution < -0.4 is 10.6 Å². The van der Waals surface area contributed by atoms with Gasteiger partial charge in [0.25, 0.3) is 0 Å². The number of hydrogen-bond acceptors (Lipinski definition) is 7. The van der Waals surface area contributed by atoms with E-state index in [9.17, 15) is 5.11 Å². The fourth-order valence-electron chi connectivity index (χ4n) is 2.41. The maximum Gasteiger partial charge on any atom is 0.165 e. The van der Waals surface area contributed by atoms with Crippen molar-refractivity contribution < 1.29 is 14.6 Å². The van der Waals surface area contributed by atoms with Gasteiger partial charge in [0, 0.05) is 38.1 Å². The molecule has 0 bridgehead atoms. The van der Waals surface area contributed by atoms with Crippen LogP contribution in [0.2, 0.25) is 0 Å². The number of hydrogen-bond donors (Lipinski definition) is 3. The molecule has 0 aliphatic rings. The van der Waals surface area contributed by atoms with E-state index < -0.39 is 5.79 Å². The third kappa shape index (κ3) is 15.3. The van der Waals surface area contributed by atoms with Gasteiger partial charge in [-0.2, -0.15) is 23.5 Å². The number of rotatable bonds is 19. The minimum Gasteiger partial charge on any atom is -0.379 e. The first-order valence-corrected chi connectivity index (χ1v) is 12.2. The molecule has 0 spiro atoms. The summed E-state index contributed by atoms with van der Waals surface area (Å²) in [5.74, 6) is 1.23. The Morgan fingerprint density at radius 1 is 1.00 bits per heavy atom. The lowest BCUT2D eigenvalue weighted by Crippen LogP contribution is -2.36. The van der Waals surface area contributed by atoms with Crippen molar-refractivity contribution in [2.45, 2.75) is 50.9 Å². The van der Waals surface area contributed by atoms with E-state index in [0.717, 1.165) is 56.9 Å². The molecule has 0 aliphatic carbocycles. The van der Waals surface area contributed by atoms with E-state index in [1.165, 1.54) is 0 Å². The Bertz CT molecular complexity index is 289. The maximum atomic E-state index is 10.6. The van der Waals surface area contributed by atoms with Crippen LogP contribution in [-0.4, -0.2) is 80.9 Å². The minimum atomic E-state index is -1.03. The highest BCUT2D eigenvalue weighted by Gasteiger charge is 2.26. The van der Waals surface area contributed by atoms with E-state index in [2.05, 4.69) is 23.1 Å². The average Bonchev–Trinajstić information content (AvgIpc) is 2.63. The molecule has 0 aromatic rings. The van der Waals surface area contributed by atoms with Gasteiger partial charge in [-0.05, 0) is 51.3 Å². The van der Waals surface area contributed by atoms with Crippen molar-refractivity contribution in [1.29, 1.82) is 0 Å². The summed E-state index contributed by atoms with van der Waals surface area (Å²) < 4.78 is 11.3. The van der Waals surface area contributed by atoms with E-state index in [4.69, 9.17) is 9.47 Å². The summed E-state index contributed by atoms with van der Waals surface area (Å²) in [7, 11) is 1.72. The number of ether oxygens (including phenoxy) is 2. The summed E-state index contributed by atoms with van der Waals surface area (Å²) in [5, 5.41) is 17.4. The lowest BCUT2D eigenvalue weighted by atomic mass is 10.1. The predicted molar refractivity (Wildman–Crippen MR) is 113 cm³/mol. The third-order valence-corrected chi connectivity index (χ3v) is 5.41. The highest BCUT2D eigenvalue weighted by molar-refractivity contribution is 7.98. The van der Waals surface area contributed by atoms with Gasteiger partial charge in [0.05, 0.1) is 12.7 Å². The van der Waals surface area contributed by atoms with Crippen LogP contribution in [0.5, 0.6) is 0 Å². The van der Waals surface area contributed by atoms with Gasteiger partial charge in [-0.3, -0.25) is 0 Å². The molecule has 0 fully saturated rings. The van der Waals surface area contributed by atoms with Crippen LogP contribution in [0.1, 0.15) is 39.0 Å². The van der Waals surface area contributed by atoms with E-state index in [1.807, 2.05) is 30.4 Å². The molecular weight excluding hydrogens is 356 g/mol. The lowest BCUT2D eigenvalue weighted by molar-refractivity contribution is -0.223. The molecule has 25 heavy (non-hydrogen) atoms. The summed E-state index contributed by atoms with van der Waals surface area (Å²) >= 11 is 3.69. The molecule has 0 radical (unpaired) electrons. The maximum absolute atomic E-state index is 10.6. The van der Waals surface area contributed by atoms with Crippen LogP contribution in [0.3, 0.4) is 0 Å². The fourth-order valence-corrected chi connectivity index (χ4v) is 3.11. The molecule has 0 saturated carbocycles. The monoisotopic (exact) mass is 396 g/mol. The third-order valence-electron chi connectivity index (χ3n) is 4.19. The Balaban J connectivity index is 3.89. The summed E-state index contributed by atoms with van der Waals surface area (Å²) in [6.07, 6.45) is 8.44. The smallest absolute Gasteiger partial charge is 0.165 e. The molecule has 0 rings (SSSR count). The Hall–Kier alpha value is 0.500. The second-order valence-electron chi connectivity index (χ2n) is 6.20. The van der Waals surface area contributed by atoms with Crippen molar-refractivity contribution in [3.05, 3.63) is 0 Å². The van der Waals surface area contributed by atoms with Crippen LogP contribution in [0, 0.1) is 0 Å². The Morgan fingerprint density at radius 2 is 1.60 bits per heavy atom. The SMILES string of the molecule is CCC(O)(CCCNCCSC)OCC(CCCNCCSC)OC. The molecule has 2 atom stereocenters. The minimum absolute atomic E-state index is 0.0418. The van der Waals surface area contributed by atoms with Gasteiger partial charge in [0.15, 0.2) is 5.79 Å². The van der Waals surface area contributed by atoms with Crippen molar-refractivity contribution in [2.24, 2.45) is 0 Å². The number of thioether (sulfide) groups is 2. The summed E-state index contributed by atoms with van der Waals surface area (Å²) in [4.78, 5) is 0. The standard InChI is InChI=1S/C18H40N2O3S2/c1-5-18(21,9-7-11-20-13-15-25-4)23-16-17(22-2)8-6-10-19-12-14-24-3/h17,19-21H,5-16H2,1-4H3. The highest BCUT2D eigenvalue weighted by Crippen LogP contribution is 2.20. The Labute approximate surface area is 163 Å². The van der Waals surface area contributed by atoms with Gasteiger partial charge < -0.3 is 25.2 Å².